The molecule has 0 spiro atoms. The van der Waals surface area contributed by atoms with E-state index in [4.69, 9.17) is 4.74 Å². The van der Waals surface area contributed by atoms with E-state index in [1.165, 1.54) is 0 Å². The molecule has 0 fully saturated rings. The van der Waals surface area contributed by atoms with Gasteiger partial charge in [0, 0.05) is 41.0 Å². The number of aromatic amines is 1. The molecule has 166 valence electrons. The average Bonchev–Trinajstić information content (AvgIpc) is 3.26. The maximum atomic E-state index is 13.7. The first kappa shape index (κ1) is 20.8. The van der Waals surface area contributed by atoms with E-state index < -0.39 is 12.0 Å². The smallest absolute Gasteiger partial charge is 0.254 e. The quantitative estimate of drug-likeness (QED) is 0.453. The average molecular weight is 440 g/mol. The van der Waals surface area contributed by atoms with E-state index >= 15 is 0 Å². The highest BCUT2D eigenvalue weighted by Gasteiger charge is 2.43. The van der Waals surface area contributed by atoms with Gasteiger partial charge in [-0.15, -0.1) is 0 Å². The van der Waals surface area contributed by atoms with Crippen LogP contribution in [0.2, 0.25) is 0 Å². The number of nitrogens with zero attached hydrogens (tertiary/aromatic N) is 1. The summed E-state index contributed by atoms with van der Waals surface area (Å²) in [5.74, 6) is -0.0811. The molecule has 0 saturated carbocycles. The van der Waals surface area contributed by atoms with Gasteiger partial charge in [0.05, 0.1) is 18.6 Å². The summed E-state index contributed by atoms with van der Waals surface area (Å²) in [7, 11) is 1.77. The summed E-state index contributed by atoms with van der Waals surface area (Å²) >= 11 is 0. The second kappa shape index (κ2) is 8.47. The number of carbonyl (C=O) groups excluding carboxylic acids is 2. The van der Waals surface area contributed by atoms with Crippen molar-refractivity contribution >= 4 is 28.4 Å². The number of likely N-dealkylation sites (N-methyl/N-ethyl adjacent to an activating group) is 1. The second-order valence-corrected chi connectivity index (χ2v) is 8.16. The number of hydrogen-bond donors (Lipinski definition) is 2. The van der Waals surface area contributed by atoms with Gasteiger partial charge < -0.3 is 19.9 Å². The van der Waals surface area contributed by atoms with Gasteiger partial charge >= 0.3 is 0 Å². The van der Waals surface area contributed by atoms with Crippen molar-refractivity contribution in [3.05, 3.63) is 95.7 Å². The highest BCUT2D eigenvalue weighted by Crippen LogP contribution is 2.44. The molecule has 2 atom stereocenters. The highest BCUT2D eigenvalue weighted by molar-refractivity contribution is 6.05. The summed E-state index contributed by atoms with van der Waals surface area (Å²) in [4.78, 5) is 32.0. The van der Waals surface area contributed by atoms with Crippen LogP contribution in [0.1, 0.15) is 40.4 Å². The predicted molar refractivity (Wildman–Crippen MR) is 129 cm³/mol. The van der Waals surface area contributed by atoms with Crippen molar-refractivity contribution in [3.63, 3.8) is 0 Å². The van der Waals surface area contributed by atoms with Crippen molar-refractivity contribution in [3.8, 4) is 5.75 Å². The van der Waals surface area contributed by atoms with Crippen LogP contribution in [0.15, 0.2) is 79.0 Å². The summed E-state index contributed by atoms with van der Waals surface area (Å²) in [6, 6.07) is 22.2. The standard InChI is InChI=1S/C27H25N3O3/c1-3-33-18-14-12-17(13-15-18)29-26(31)24-20-9-4-5-10-21(20)27(32)30(2)25(24)22-16-28-23-11-7-6-8-19(22)23/h4-16,24-25,28H,3H2,1-2H3,(H,29,31)/t24-,25+/m0/s1. The second-order valence-electron chi connectivity index (χ2n) is 8.16. The van der Waals surface area contributed by atoms with E-state index in [0.29, 0.717) is 17.9 Å². The first-order valence-corrected chi connectivity index (χ1v) is 11.0. The number of para-hydroxylation sites is 1. The molecule has 0 bridgehead atoms. The van der Waals surface area contributed by atoms with E-state index in [2.05, 4.69) is 10.3 Å². The Balaban J connectivity index is 1.58. The number of ether oxygens (including phenoxy) is 1. The third-order valence-electron chi connectivity index (χ3n) is 6.23. The Morgan fingerprint density at radius 2 is 1.73 bits per heavy atom. The molecule has 1 aliphatic rings. The third kappa shape index (κ3) is 3.63. The molecule has 6 nitrogen and oxygen atoms in total. The van der Waals surface area contributed by atoms with Crippen LogP contribution in [0, 0.1) is 0 Å². The molecule has 2 N–H and O–H groups in total. The van der Waals surface area contributed by atoms with Crippen molar-refractivity contribution in [1.82, 2.24) is 9.88 Å². The van der Waals surface area contributed by atoms with Gasteiger partial charge in [-0.2, -0.15) is 0 Å². The lowest BCUT2D eigenvalue weighted by Crippen LogP contribution is -2.44. The molecule has 0 radical (unpaired) electrons. The predicted octanol–water partition coefficient (Wildman–Crippen LogP) is 5.12. The zero-order valence-corrected chi connectivity index (χ0v) is 18.5. The van der Waals surface area contributed by atoms with Gasteiger partial charge in [-0.1, -0.05) is 36.4 Å². The van der Waals surface area contributed by atoms with Crippen LogP contribution in [0.25, 0.3) is 10.9 Å². The lowest BCUT2D eigenvalue weighted by Gasteiger charge is -2.39. The molecule has 5 rings (SSSR count). The van der Waals surface area contributed by atoms with Gasteiger partial charge in [0.1, 0.15) is 5.75 Å². The number of fused-ring (bicyclic) bond motifs is 2. The molecule has 2 heterocycles. The summed E-state index contributed by atoms with van der Waals surface area (Å²) in [6.07, 6.45) is 1.91. The van der Waals surface area contributed by atoms with Crippen LogP contribution in [-0.4, -0.2) is 35.4 Å². The third-order valence-corrected chi connectivity index (χ3v) is 6.23. The highest BCUT2D eigenvalue weighted by atomic mass is 16.5. The fourth-order valence-electron chi connectivity index (χ4n) is 4.71. The zero-order valence-electron chi connectivity index (χ0n) is 18.5. The minimum absolute atomic E-state index is 0.0917. The van der Waals surface area contributed by atoms with Crippen molar-refractivity contribution in [2.45, 2.75) is 18.9 Å². The van der Waals surface area contributed by atoms with E-state index in [-0.39, 0.29) is 11.8 Å². The van der Waals surface area contributed by atoms with Gasteiger partial charge in [0.25, 0.3) is 5.91 Å². The number of H-pyrrole nitrogens is 1. The molecule has 33 heavy (non-hydrogen) atoms. The fourth-order valence-corrected chi connectivity index (χ4v) is 4.71. The molecule has 1 aromatic heterocycles. The molecule has 0 aliphatic carbocycles. The van der Waals surface area contributed by atoms with Crippen molar-refractivity contribution in [2.24, 2.45) is 0 Å². The number of nitrogens with one attached hydrogen (secondary N) is 2. The van der Waals surface area contributed by atoms with Crippen molar-refractivity contribution in [2.75, 3.05) is 19.0 Å². The Hall–Kier alpha value is -4.06. The number of anilines is 1. The van der Waals surface area contributed by atoms with Gasteiger partial charge in [-0.05, 0) is 48.9 Å². The first-order chi connectivity index (χ1) is 16.1. The SMILES string of the molecule is CCOc1ccc(NC(=O)[C@H]2c3ccccc3C(=O)N(C)[C@@H]2c2c[nH]c3ccccc23)cc1. The molecule has 3 aromatic carbocycles. The van der Waals surface area contributed by atoms with Crippen molar-refractivity contribution < 1.29 is 14.3 Å². The number of benzene rings is 3. The van der Waals surface area contributed by atoms with Crippen LogP contribution < -0.4 is 10.1 Å². The van der Waals surface area contributed by atoms with Crippen LogP contribution in [-0.2, 0) is 4.79 Å². The van der Waals surface area contributed by atoms with Crippen LogP contribution in [0.5, 0.6) is 5.75 Å². The van der Waals surface area contributed by atoms with E-state index in [9.17, 15) is 9.59 Å². The number of hydrogen-bond acceptors (Lipinski definition) is 3. The monoisotopic (exact) mass is 439 g/mol. The Bertz CT molecular complexity index is 1330. The summed E-state index contributed by atoms with van der Waals surface area (Å²) in [5, 5.41) is 4.05. The van der Waals surface area contributed by atoms with Gasteiger partial charge in [-0.3, -0.25) is 9.59 Å². The number of carbonyl (C=O) groups is 2. The van der Waals surface area contributed by atoms with Crippen LogP contribution >= 0.6 is 0 Å². The number of aromatic nitrogens is 1. The van der Waals surface area contributed by atoms with E-state index in [0.717, 1.165) is 27.8 Å². The zero-order chi connectivity index (χ0) is 22.9. The summed E-state index contributed by atoms with van der Waals surface area (Å²) in [5.41, 5.74) is 3.86. The Labute approximate surface area is 192 Å². The normalized spacial score (nSPS) is 17.6. The maximum absolute atomic E-state index is 13.7. The number of rotatable bonds is 5. The fraction of sp³-hybridized carbons (Fsp3) is 0.185. The van der Waals surface area contributed by atoms with Gasteiger partial charge in [-0.25, -0.2) is 0 Å². The minimum atomic E-state index is -0.574. The van der Waals surface area contributed by atoms with Gasteiger partial charge in [0.15, 0.2) is 0 Å². The largest absolute Gasteiger partial charge is 0.494 e. The Kier molecular flexibility index (Phi) is 5.34. The summed E-state index contributed by atoms with van der Waals surface area (Å²) < 4.78 is 5.50. The number of amides is 2. The first-order valence-electron chi connectivity index (χ1n) is 11.0. The Morgan fingerprint density at radius 3 is 2.52 bits per heavy atom. The van der Waals surface area contributed by atoms with Crippen LogP contribution in [0.3, 0.4) is 0 Å². The molecule has 6 heteroatoms. The molecule has 2 amide bonds. The van der Waals surface area contributed by atoms with E-state index in [1.807, 2.05) is 79.9 Å². The maximum Gasteiger partial charge on any atom is 0.254 e. The summed E-state index contributed by atoms with van der Waals surface area (Å²) in [6.45, 7) is 2.51. The molecule has 0 unspecified atom stereocenters. The minimum Gasteiger partial charge on any atom is -0.494 e. The molecular formula is C27H25N3O3. The van der Waals surface area contributed by atoms with Gasteiger partial charge in [0.2, 0.25) is 5.91 Å². The lowest BCUT2D eigenvalue weighted by molar-refractivity contribution is -0.119. The Morgan fingerprint density at radius 1 is 1.00 bits per heavy atom. The topological polar surface area (TPSA) is 74.4 Å². The molecular weight excluding hydrogens is 414 g/mol. The molecule has 1 aliphatic heterocycles. The van der Waals surface area contributed by atoms with E-state index in [1.54, 1.807) is 18.0 Å². The van der Waals surface area contributed by atoms with Crippen LogP contribution in [0.4, 0.5) is 5.69 Å². The van der Waals surface area contributed by atoms with Crippen molar-refractivity contribution in [1.29, 1.82) is 0 Å². The lowest BCUT2D eigenvalue weighted by atomic mass is 9.79. The molecule has 4 aromatic rings. The molecule has 0 saturated heterocycles.